The van der Waals surface area contributed by atoms with Crippen molar-refractivity contribution in [2.75, 3.05) is 7.05 Å². The molecule has 0 saturated carbocycles. The van der Waals surface area contributed by atoms with E-state index in [1.807, 2.05) is 44.2 Å². The predicted molar refractivity (Wildman–Crippen MR) is 93.5 cm³/mol. The van der Waals surface area contributed by atoms with Crippen molar-refractivity contribution in [3.8, 4) is 0 Å². The highest BCUT2D eigenvalue weighted by molar-refractivity contribution is 5.81. The number of likely N-dealkylation sites (N-methyl/N-ethyl adjacent to an activating group) is 1. The van der Waals surface area contributed by atoms with Crippen molar-refractivity contribution in [3.63, 3.8) is 0 Å². The molecule has 5 nitrogen and oxygen atoms in total. The summed E-state index contributed by atoms with van der Waals surface area (Å²) in [5.74, 6) is -0.452. The summed E-state index contributed by atoms with van der Waals surface area (Å²) in [4.78, 5) is 26.2. The van der Waals surface area contributed by atoms with Crippen LogP contribution >= 0.6 is 0 Å². The smallest absolute Gasteiger partial charge is 0.410 e. The Morgan fingerprint density at radius 3 is 2.25 bits per heavy atom. The van der Waals surface area contributed by atoms with E-state index in [4.69, 9.17) is 9.47 Å². The number of hydrogen-bond acceptors (Lipinski definition) is 4. The van der Waals surface area contributed by atoms with Gasteiger partial charge in [0.15, 0.2) is 0 Å². The van der Waals surface area contributed by atoms with Crippen LogP contribution in [-0.2, 0) is 20.9 Å². The van der Waals surface area contributed by atoms with E-state index in [0.29, 0.717) is 0 Å². The summed E-state index contributed by atoms with van der Waals surface area (Å²) >= 11 is 0. The third kappa shape index (κ3) is 6.22. The zero-order valence-electron chi connectivity index (χ0n) is 15.5. The van der Waals surface area contributed by atoms with Gasteiger partial charge in [0.1, 0.15) is 18.2 Å². The van der Waals surface area contributed by atoms with Crippen LogP contribution < -0.4 is 0 Å². The Labute approximate surface area is 144 Å². The average molecular weight is 335 g/mol. The molecule has 0 spiro atoms. The second kappa shape index (κ2) is 8.71. The number of hydrogen-bond donors (Lipinski definition) is 0. The van der Waals surface area contributed by atoms with Gasteiger partial charge in [-0.3, -0.25) is 4.90 Å². The molecular weight excluding hydrogens is 306 g/mol. The molecule has 2 unspecified atom stereocenters. The topological polar surface area (TPSA) is 55.8 Å². The SMILES string of the molecule is CCC(C)C(C(=O)OCc1ccccc1)N(C)C(=O)OC(C)(C)C. The van der Waals surface area contributed by atoms with Crippen LogP contribution in [-0.4, -0.2) is 35.7 Å². The molecule has 1 aromatic carbocycles. The standard InChI is InChI=1S/C19H29NO4/c1-7-14(2)16(20(6)18(22)24-19(3,4)5)17(21)23-13-15-11-9-8-10-12-15/h8-12,14,16H,7,13H2,1-6H3. The lowest BCUT2D eigenvalue weighted by molar-refractivity contribution is -0.152. The van der Waals surface area contributed by atoms with Crippen LogP contribution in [0.4, 0.5) is 4.79 Å². The van der Waals surface area contributed by atoms with E-state index >= 15 is 0 Å². The van der Waals surface area contributed by atoms with Crippen LogP contribution in [0.5, 0.6) is 0 Å². The first-order valence-corrected chi connectivity index (χ1v) is 8.32. The molecule has 0 N–H and O–H groups in total. The van der Waals surface area contributed by atoms with Gasteiger partial charge in [0.05, 0.1) is 0 Å². The quantitative estimate of drug-likeness (QED) is 0.737. The Morgan fingerprint density at radius 2 is 1.75 bits per heavy atom. The second-order valence-electron chi connectivity index (χ2n) is 7.01. The number of carbonyl (C=O) groups excluding carboxylic acids is 2. The number of rotatable bonds is 6. The maximum Gasteiger partial charge on any atom is 0.410 e. The lowest BCUT2D eigenvalue weighted by Gasteiger charge is -2.32. The molecule has 0 heterocycles. The van der Waals surface area contributed by atoms with Crippen LogP contribution in [0.3, 0.4) is 0 Å². The Hall–Kier alpha value is -2.04. The Morgan fingerprint density at radius 1 is 1.17 bits per heavy atom. The highest BCUT2D eigenvalue weighted by Gasteiger charge is 2.34. The van der Waals surface area contributed by atoms with Gasteiger partial charge < -0.3 is 9.47 Å². The monoisotopic (exact) mass is 335 g/mol. The van der Waals surface area contributed by atoms with Crippen molar-refractivity contribution < 1.29 is 19.1 Å². The summed E-state index contributed by atoms with van der Waals surface area (Å²) in [5.41, 5.74) is 0.299. The van der Waals surface area contributed by atoms with Gasteiger partial charge in [-0.1, -0.05) is 50.6 Å². The van der Waals surface area contributed by atoms with Crippen molar-refractivity contribution in [1.29, 1.82) is 0 Å². The number of ether oxygens (including phenoxy) is 2. The third-order valence-electron chi connectivity index (χ3n) is 3.75. The van der Waals surface area contributed by atoms with Gasteiger partial charge in [-0.15, -0.1) is 0 Å². The molecule has 24 heavy (non-hydrogen) atoms. The largest absolute Gasteiger partial charge is 0.459 e. The first kappa shape index (κ1) is 20.0. The Bertz CT molecular complexity index is 536. The van der Waals surface area contributed by atoms with Crippen LogP contribution in [0.25, 0.3) is 0 Å². The molecule has 0 aliphatic carbocycles. The Balaban J connectivity index is 2.80. The zero-order valence-corrected chi connectivity index (χ0v) is 15.5. The second-order valence-corrected chi connectivity index (χ2v) is 7.01. The fourth-order valence-corrected chi connectivity index (χ4v) is 2.26. The van der Waals surface area contributed by atoms with Gasteiger partial charge in [0.25, 0.3) is 0 Å². The summed E-state index contributed by atoms with van der Waals surface area (Å²) in [6.45, 7) is 9.48. The summed E-state index contributed by atoms with van der Waals surface area (Å²) < 4.78 is 10.8. The summed E-state index contributed by atoms with van der Waals surface area (Å²) in [7, 11) is 1.58. The van der Waals surface area contributed by atoms with E-state index < -0.39 is 23.7 Å². The van der Waals surface area contributed by atoms with Gasteiger partial charge in [0.2, 0.25) is 0 Å². The number of esters is 1. The minimum Gasteiger partial charge on any atom is -0.459 e. The highest BCUT2D eigenvalue weighted by atomic mass is 16.6. The molecule has 0 fully saturated rings. The number of nitrogens with zero attached hydrogens (tertiary/aromatic N) is 1. The molecule has 0 aromatic heterocycles. The minimum absolute atomic E-state index is 0.0363. The molecule has 1 rings (SSSR count). The molecular formula is C19H29NO4. The molecule has 0 radical (unpaired) electrons. The molecule has 0 bridgehead atoms. The third-order valence-corrected chi connectivity index (χ3v) is 3.75. The first-order chi connectivity index (χ1) is 11.2. The molecule has 2 atom stereocenters. The molecule has 0 aliphatic rings. The fraction of sp³-hybridized carbons (Fsp3) is 0.579. The van der Waals surface area contributed by atoms with E-state index in [1.54, 1.807) is 27.8 Å². The van der Waals surface area contributed by atoms with Crippen molar-refractivity contribution in [3.05, 3.63) is 35.9 Å². The zero-order chi connectivity index (χ0) is 18.3. The van der Waals surface area contributed by atoms with E-state index in [9.17, 15) is 9.59 Å². The number of carbonyl (C=O) groups is 2. The van der Waals surface area contributed by atoms with Crippen molar-refractivity contribution in [2.45, 2.75) is 59.3 Å². The van der Waals surface area contributed by atoms with Gasteiger partial charge in [-0.2, -0.15) is 0 Å². The molecule has 0 saturated heterocycles. The molecule has 1 aromatic rings. The maximum atomic E-state index is 12.6. The van der Waals surface area contributed by atoms with Crippen LogP contribution in [0.2, 0.25) is 0 Å². The maximum absolute atomic E-state index is 12.6. The molecule has 134 valence electrons. The van der Waals surface area contributed by atoms with Crippen LogP contribution in [0, 0.1) is 5.92 Å². The summed E-state index contributed by atoms with van der Waals surface area (Å²) in [6.07, 6.45) is 0.225. The lowest BCUT2D eigenvalue weighted by Crippen LogP contribution is -2.48. The van der Waals surface area contributed by atoms with E-state index in [2.05, 4.69) is 0 Å². The normalized spacial score (nSPS) is 13.8. The number of amides is 1. The fourth-order valence-electron chi connectivity index (χ4n) is 2.26. The predicted octanol–water partition coefficient (Wildman–Crippen LogP) is 4.01. The average Bonchev–Trinajstić information content (AvgIpc) is 2.52. The molecule has 1 amide bonds. The summed E-state index contributed by atoms with van der Waals surface area (Å²) in [5, 5.41) is 0. The van der Waals surface area contributed by atoms with Gasteiger partial charge >= 0.3 is 12.1 Å². The van der Waals surface area contributed by atoms with Gasteiger partial charge in [-0.05, 0) is 32.3 Å². The first-order valence-electron chi connectivity index (χ1n) is 8.32. The van der Waals surface area contributed by atoms with Crippen molar-refractivity contribution in [2.24, 2.45) is 5.92 Å². The minimum atomic E-state index is -0.673. The van der Waals surface area contributed by atoms with E-state index in [1.165, 1.54) is 4.90 Å². The van der Waals surface area contributed by atoms with Gasteiger partial charge in [-0.25, -0.2) is 9.59 Å². The lowest BCUT2D eigenvalue weighted by atomic mass is 9.98. The van der Waals surface area contributed by atoms with E-state index in [-0.39, 0.29) is 12.5 Å². The van der Waals surface area contributed by atoms with Crippen molar-refractivity contribution >= 4 is 12.1 Å². The molecule has 5 heteroatoms. The van der Waals surface area contributed by atoms with E-state index in [0.717, 1.165) is 12.0 Å². The number of benzene rings is 1. The summed E-state index contributed by atoms with van der Waals surface area (Å²) in [6, 6.07) is 8.80. The van der Waals surface area contributed by atoms with Crippen LogP contribution in [0.1, 0.15) is 46.6 Å². The molecule has 0 aliphatic heterocycles. The highest BCUT2D eigenvalue weighted by Crippen LogP contribution is 2.19. The van der Waals surface area contributed by atoms with Crippen LogP contribution in [0.15, 0.2) is 30.3 Å². The Kier molecular flexibility index (Phi) is 7.26. The van der Waals surface area contributed by atoms with Crippen molar-refractivity contribution in [1.82, 2.24) is 4.90 Å². The van der Waals surface area contributed by atoms with Gasteiger partial charge in [0, 0.05) is 7.05 Å².